The van der Waals surface area contributed by atoms with Crippen LogP contribution in [-0.4, -0.2) is 37.2 Å². The third-order valence-corrected chi connectivity index (χ3v) is 4.13. The van der Waals surface area contributed by atoms with Gasteiger partial charge in [0.25, 0.3) is 0 Å². The van der Waals surface area contributed by atoms with Gasteiger partial charge in [0.1, 0.15) is 12.4 Å². The van der Waals surface area contributed by atoms with Crippen LogP contribution >= 0.6 is 0 Å². The lowest BCUT2D eigenvalue weighted by Crippen LogP contribution is -2.46. The maximum atomic E-state index is 5.89. The highest BCUT2D eigenvalue weighted by molar-refractivity contribution is 5.33. The van der Waals surface area contributed by atoms with E-state index in [1.54, 1.807) is 0 Å². The summed E-state index contributed by atoms with van der Waals surface area (Å²) in [5.74, 6) is 2.39. The van der Waals surface area contributed by atoms with Crippen LogP contribution in [0.25, 0.3) is 0 Å². The number of nitrogens with one attached hydrogen (secondary N) is 1. The Morgan fingerprint density at radius 3 is 2.62 bits per heavy atom. The molecule has 1 heterocycles. The monoisotopic (exact) mass is 290 g/mol. The minimum Gasteiger partial charge on any atom is -0.492 e. The maximum absolute atomic E-state index is 5.89. The van der Waals surface area contributed by atoms with E-state index in [2.05, 4.69) is 62.2 Å². The third kappa shape index (κ3) is 4.72. The van der Waals surface area contributed by atoms with Crippen molar-refractivity contribution in [2.75, 3.05) is 26.2 Å². The van der Waals surface area contributed by atoms with Gasteiger partial charge in [0.05, 0.1) is 0 Å². The van der Waals surface area contributed by atoms with Crippen LogP contribution in [0.5, 0.6) is 5.75 Å². The van der Waals surface area contributed by atoms with Crippen LogP contribution in [0.4, 0.5) is 0 Å². The first-order valence-corrected chi connectivity index (χ1v) is 8.23. The zero-order valence-electron chi connectivity index (χ0n) is 13.9. The van der Waals surface area contributed by atoms with Gasteiger partial charge in [-0.15, -0.1) is 0 Å². The van der Waals surface area contributed by atoms with Crippen LogP contribution in [0.3, 0.4) is 0 Å². The van der Waals surface area contributed by atoms with Crippen molar-refractivity contribution in [1.29, 1.82) is 0 Å². The normalized spacial score (nSPS) is 17.4. The number of benzene rings is 1. The molecule has 2 rings (SSSR count). The van der Waals surface area contributed by atoms with Crippen LogP contribution in [-0.2, 0) is 6.54 Å². The Kier molecular flexibility index (Phi) is 6.07. The molecule has 1 N–H and O–H groups in total. The summed E-state index contributed by atoms with van der Waals surface area (Å²) in [5.41, 5.74) is 1.31. The molecule has 1 aliphatic heterocycles. The van der Waals surface area contributed by atoms with E-state index in [0.29, 0.717) is 17.9 Å². The first-order valence-electron chi connectivity index (χ1n) is 8.23. The maximum Gasteiger partial charge on any atom is 0.123 e. The predicted molar refractivity (Wildman–Crippen MR) is 88.7 cm³/mol. The third-order valence-electron chi connectivity index (χ3n) is 4.13. The molecule has 21 heavy (non-hydrogen) atoms. The predicted octanol–water partition coefficient (Wildman–Crippen LogP) is 3.15. The van der Waals surface area contributed by atoms with E-state index in [9.17, 15) is 0 Å². The molecule has 0 saturated heterocycles. The second-order valence-corrected chi connectivity index (χ2v) is 6.79. The topological polar surface area (TPSA) is 24.5 Å². The first-order chi connectivity index (χ1) is 10.1. The Labute approximate surface area is 129 Å². The Hall–Kier alpha value is -1.06. The number of ether oxygens (including phenoxy) is 1. The molecule has 118 valence electrons. The smallest absolute Gasteiger partial charge is 0.123 e. The molecule has 0 aliphatic carbocycles. The molecule has 0 spiro atoms. The molecule has 0 amide bonds. The summed E-state index contributed by atoms with van der Waals surface area (Å²) in [6.45, 7) is 14.1. The highest BCUT2D eigenvalue weighted by Gasteiger charge is 2.24. The molecule has 1 atom stereocenters. The number of hydrogen-bond acceptors (Lipinski definition) is 3. The van der Waals surface area contributed by atoms with Crippen LogP contribution in [0.1, 0.15) is 33.3 Å². The average molecular weight is 290 g/mol. The minimum absolute atomic E-state index is 0.554. The molecule has 1 aliphatic rings. The molecule has 1 aromatic rings. The molecule has 1 unspecified atom stereocenters. The fourth-order valence-electron chi connectivity index (χ4n) is 2.94. The summed E-state index contributed by atoms with van der Waals surface area (Å²) in [4.78, 5) is 2.57. The van der Waals surface area contributed by atoms with Gasteiger partial charge in [-0.05, 0) is 24.4 Å². The van der Waals surface area contributed by atoms with Crippen molar-refractivity contribution >= 4 is 0 Å². The molecule has 0 aromatic heterocycles. The van der Waals surface area contributed by atoms with E-state index in [-0.39, 0.29) is 0 Å². The van der Waals surface area contributed by atoms with Crippen molar-refractivity contribution in [2.24, 2.45) is 11.8 Å². The Bertz CT molecular complexity index is 431. The van der Waals surface area contributed by atoms with Gasteiger partial charge in [-0.2, -0.15) is 0 Å². The van der Waals surface area contributed by atoms with Crippen molar-refractivity contribution in [3.63, 3.8) is 0 Å². The molecule has 0 bridgehead atoms. The van der Waals surface area contributed by atoms with Gasteiger partial charge in [-0.1, -0.05) is 45.9 Å². The summed E-state index contributed by atoms with van der Waals surface area (Å²) in [6.07, 6.45) is 0. The summed E-state index contributed by atoms with van der Waals surface area (Å²) >= 11 is 0. The number of rotatable bonds is 6. The first kappa shape index (κ1) is 16.3. The quantitative estimate of drug-likeness (QED) is 0.871. The van der Waals surface area contributed by atoms with Gasteiger partial charge in [-0.25, -0.2) is 0 Å². The summed E-state index contributed by atoms with van der Waals surface area (Å²) in [6, 6.07) is 8.98. The lowest BCUT2D eigenvalue weighted by atomic mass is 10.0. The molecule has 0 saturated carbocycles. The average Bonchev–Trinajstić information content (AvgIpc) is 2.64. The molecule has 0 fully saturated rings. The Balaban J connectivity index is 2.03. The van der Waals surface area contributed by atoms with Gasteiger partial charge >= 0.3 is 0 Å². The summed E-state index contributed by atoms with van der Waals surface area (Å²) in [5, 5.41) is 3.63. The molecule has 3 nitrogen and oxygen atoms in total. The van der Waals surface area contributed by atoms with Gasteiger partial charge in [0.2, 0.25) is 0 Å². The molecule has 1 aromatic carbocycles. The molecular formula is C18H30N2O. The second kappa shape index (κ2) is 7.81. The Morgan fingerprint density at radius 1 is 1.14 bits per heavy atom. The van der Waals surface area contributed by atoms with Crippen molar-refractivity contribution < 1.29 is 4.74 Å². The van der Waals surface area contributed by atoms with Gasteiger partial charge in [-0.3, -0.25) is 4.90 Å². The summed E-state index contributed by atoms with van der Waals surface area (Å²) in [7, 11) is 0. The van der Waals surface area contributed by atoms with E-state index in [4.69, 9.17) is 4.74 Å². The number of nitrogens with zero attached hydrogens (tertiary/aromatic N) is 1. The van der Waals surface area contributed by atoms with Crippen LogP contribution < -0.4 is 10.1 Å². The highest BCUT2D eigenvalue weighted by Crippen LogP contribution is 2.24. The zero-order chi connectivity index (χ0) is 15.2. The van der Waals surface area contributed by atoms with Crippen molar-refractivity contribution in [3.8, 4) is 5.75 Å². The number of hydrogen-bond donors (Lipinski definition) is 1. The minimum atomic E-state index is 0.554. The largest absolute Gasteiger partial charge is 0.492 e. The fourth-order valence-corrected chi connectivity index (χ4v) is 2.94. The molecule has 3 heteroatoms. The van der Waals surface area contributed by atoms with Gasteiger partial charge in [0, 0.05) is 31.2 Å². The van der Waals surface area contributed by atoms with Crippen LogP contribution in [0, 0.1) is 11.8 Å². The van der Waals surface area contributed by atoms with Gasteiger partial charge < -0.3 is 10.1 Å². The van der Waals surface area contributed by atoms with Crippen molar-refractivity contribution in [2.45, 2.75) is 40.3 Å². The van der Waals surface area contributed by atoms with Crippen LogP contribution in [0.2, 0.25) is 0 Å². The fraction of sp³-hybridized carbons (Fsp3) is 0.667. The number of fused-ring (bicyclic) bond motifs is 1. The van der Waals surface area contributed by atoms with Gasteiger partial charge in [0.15, 0.2) is 0 Å². The SMILES string of the molecule is CC(C)CNCC(C(C)C)N1CCOc2ccccc2C1. The molecule has 0 radical (unpaired) electrons. The van der Waals surface area contributed by atoms with Crippen LogP contribution in [0.15, 0.2) is 24.3 Å². The second-order valence-electron chi connectivity index (χ2n) is 6.79. The highest BCUT2D eigenvalue weighted by atomic mass is 16.5. The van der Waals surface area contributed by atoms with Crippen molar-refractivity contribution in [3.05, 3.63) is 29.8 Å². The van der Waals surface area contributed by atoms with E-state index in [1.807, 2.05) is 0 Å². The molecular weight excluding hydrogens is 260 g/mol. The van der Waals surface area contributed by atoms with E-state index < -0.39 is 0 Å². The Morgan fingerprint density at radius 2 is 1.90 bits per heavy atom. The lowest BCUT2D eigenvalue weighted by Gasteiger charge is -2.33. The summed E-state index contributed by atoms with van der Waals surface area (Å²) < 4.78 is 5.89. The standard InChI is InChI=1S/C18H30N2O/c1-14(2)11-19-12-17(15(3)4)20-9-10-21-18-8-6-5-7-16(18)13-20/h5-8,14-15,17,19H,9-13H2,1-4H3. The van der Waals surface area contributed by atoms with Crippen molar-refractivity contribution in [1.82, 2.24) is 10.2 Å². The van der Waals surface area contributed by atoms with E-state index >= 15 is 0 Å². The zero-order valence-corrected chi connectivity index (χ0v) is 13.9. The number of para-hydroxylation sites is 1. The van der Waals surface area contributed by atoms with E-state index in [0.717, 1.165) is 38.5 Å². The lowest BCUT2D eigenvalue weighted by molar-refractivity contribution is 0.131. The van der Waals surface area contributed by atoms with E-state index in [1.165, 1.54) is 5.56 Å².